The number of carbonyl (C=O) groups excluding carboxylic acids is 1. The molecule has 1 amide bonds. The molecule has 0 aromatic heterocycles. The molecule has 2 aromatic carbocycles. The molecule has 3 N–H and O–H groups in total. The van der Waals surface area contributed by atoms with E-state index in [-0.39, 0.29) is 5.91 Å². The lowest BCUT2D eigenvalue weighted by Crippen LogP contribution is -2.30. The Kier molecular flexibility index (Phi) is 4.48. The maximum Gasteiger partial charge on any atom is 0.265 e. The number of ether oxygens (including phenoxy) is 1. The van der Waals surface area contributed by atoms with E-state index in [1.54, 1.807) is 13.0 Å². The number of aryl methyl sites for hydroxylation is 1. The van der Waals surface area contributed by atoms with E-state index in [0.29, 0.717) is 17.1 Å². The second-order valence-electron chi connectivity index (χ2n) is 5.03. The lowest BCUT2D eigenvalue weighted by atomic mass is 10.1. The first kappa shape index (κ1) is 14.9. The van der Waals surface area contributed by atoms with Crippen LogP contribution in [0.2, 0.25) is 0 Å². The number of anilines is 2. The van der Waals surface area contributed by atoms with Gasteiger partial charge in [-0.15, -0.1) is 0 Å². The monoisotopic (exact) mass is 284 g/mol. The molecule has 4 nitrogen and oxygen atoms in total. The summed E-state index contributed by atoms with van der Waals surface area (Å²) < 4.78 is 5.71. The Morgan fingerprint density at radius 3 is 2.57 bits per heavy atom. The van der Waals surface area contributed by atoms with Crippen molar-refractivity contribution in [2.75, 3.05) is 11.1 Å². The summed E-state index contributed by atoms with van der Waals surface area (Å²) in [5.41, 5.74) is 9.05. The highest BCUT2D eigenvalue weighted by Crippen LogP contribution is 2.22. The summed E-state index contributed by atoms with van der Waals surface area (Å²) >= 11 is 0. The summed E-state index contributed by atoms with van der Waals surface area (Å²) in [4.78, 5) is 12.2. The molecule has 2 aromatic rings. The Morgan fingerprint density at radius 1 is 1.14 bits per heavy atom. The third kappa shape index (κ3) is 3.54. The van der Waals surface area contributed by atoms with Crippen molar-refractivity contribution >= 4 is 17.3 Å². The van der Waals surface area contributed by atoms with Crippen molar-refractivity contribution in [2.24, 2.45) is 0 Å². The van der Waals surface area contributed by atoms with Crippen LogP contribution < -0.4 is 15.8 Å². The first-order valence-electron chi connectivity index (χ1n) is 6.87. The van der Waals surface area contributed by atoms with Crippen molar-refractivity contribution in [1.82, 2.24) is 0 Å². The second kappa shape index (κ2) is 6.31. The van der Waals surface area contributed by atoms with Crippen molar-refractivity contribution < 1.29 is 9.53 Å². The summed E-state index contributed by atoms with van der Waals surface area (Å²) in [6.07, 6.45) is -0.591. The molecule has 0 aliphatic carbocycles. The molecule has 0 saturated carbocycles. The zero-order valence-electron chi connectivity index (χ0n) is 12.5. The van der Waals surface area contributed by atoms with Crippen LogP contribution >= 0.6 is 0 Å². The van der Waals surface area contributed by atoms with E-state index in [2.05, 4.69) is 5.32 Å². The molecule has 0 bridgehead atoms. The SMILES string of the molecule is Cc1ccccc1O[C@H](C)C(=O)Nc1cccc(N)c1C. The highest BCUT2D eigenvalue weighted by atomic mass is 16.5. The van der Waals surface area contributed by atoms with Gasteiger partial charge < -0.3 is 15.8 Å². The molecule has 2 rings (SSSR count). The molecular formula is C17H20N2O2. The second-order valence-corrected chi connectivity index (χ2v) is 5.03. The number of hydrogen-bond acceptors (Lipinski definition) is 3. The summed E-state index contributed by atoms with van der Waals surface area (Å²) in [5.74, 6) is 0.511. The number of nitrogen functional groups attached to an aromatic ring is 1. The fourth-order valence-electron chi connectivity index (χ4n) is 1.96. The number of para-hydroxylation sites is 1. The van der Waals surface area contributed by atoms with Crippen LogP contribution in [0.15, 0.2) is 42.5 Å². The highest BCUT2D eigenvalue weighted by molar-refractivity contribution is 5.95. The molecule has 1 atom stereocenters. The number of nitrogens with two attached hydrogens (primary N) is 1. The molecule has 21 heavy (non-hydrogen) atoms. The number of benzene rings is 2. The van der Waals surface area contributed by atoms with Gasteiger partial charge >= 0.3 is 0 Å². The third-order valence-corrected chi connectivity index (χ3v) is 3.40. The number of carbonyl (C=O) groups is 1. The molecular weight excluding hydrogens is 264 g/mol. The smallest absolute Gasteiger partial charge is 0.265 e. The zero-order valence-corrected chi connectivity index (χ0v) is 12.5. The van der Waals surface area contributed by atoms with Crippen LogP contribution in [0.25, 0.3) is 0 Å². The van der Waals surface area contributed by atoms with Crippen molar-refractivity contribution in [2.45, 2.75) is 26.9 Å². The largest absolute Gasteiger partial charge is 0.481 e. The molecule has 110 valence electrons. The summed E-state index contributed by atoms with van der Waals surface area (Å²) in [7, 11) is 0. The van der Waals surface area contributed by atoms with E-state index in [0.717, 1.165) is 11.1 Å². The van der Waals surface area contributed by atoms with E-state index >= 15 is 0 Å². The van der Waals surface area contributed by atoms with Crippen molar-refractivity contribution in [3.8, 4) is 5.75 Å². The van der Waals surface area contributed by atoms with E-state index in [1.165, 1.54) is 0 Å². The lowest BCUT2D eigenvalue weighted by Gasteiger charge is -2.17. The van der Waals surface area contributed by atoms with Gasteiger partial charge in [0.15, 0.2) is 6.10 Å². The Bertz CT molecular complexity index is 653. The number of nitrogens with one attached hydrogen (secondary N) is 1. The molecule has 0 aliphatic heterocycles. The Balaban J connectivity index is 2.06. The summed E-state index contributed by atoms with van der Waals surface area (Å²) in [5, 5.41) is 2.85. The van der Waals surface area contributed by atoms with Crippen LogP contribution in [0.4, 0.5) is 11.4 Å². The van der Waals surface area contributed by atoms with E-state index < -0.39 is 6.10 Å². The predicted molar refractivity (Wildman–Crippen MR) is 85.5 cm³/mol. The average Bonchev–Trinajstić information content (AvgIpc) is 2.46. The molecule has 0 fully saturated rings. The van der Waals surface area contributed by atoms with Crippen molar-refractivity contribution in [1.29, 1.82) is 0 Å². The van der Waals surface area contributed by atoms with Crippen LogP contribution in [-0.2, 0) is 4.79 Å². The quantitative estimate of drug-likeness (QED) is 0.847. The van der Waals surface area contributed by atoms with Gasteiger partial charge in [-0.05, 0) is 50.1 Å². The molecule has 0 aliphatic rings. The molecule has 4 heteroatoms. The predicted octanol–water partition coefficient (Wildman–Crippen LogP) is 3.29. The molecule has 0 radical (unpaired) electrons. The minimum absolute atomic E-state index is 0.202. The maximum absolute atomic E-state index is 12.2. The summed E-state index contributed by atoms with van der Waals surface area (Å²) in [6.45, 7) is 5.54. The minimum atomic E-state index is -0.591. The number of rotatable bonds is 4. The van der Waals surface area contributed by atoms with Gasteiger partial charge in [0.25, 0.3) is 5.91 Å². The van der Waals surface area contributed by atoms with E-state index in [4.69, 9.17) is 10.5 Å². The van der Waals surface area contributed by atoms with Crippen LogP contribution in [-0.4, -0.2) is 12.0 Å². The van der Waals surface area contributed by atoms with Gasteiger partial charge in [-0.2, -0.15) is 0 Å². The number of amides is 1. The summed E-state index contributed by atoms with van der Waals surface area (Å²) in [6, 6.07) is 13.1. The normalized spacial score (nSPS) is 11.8. The van der Waals surface area contributed by atoms with Gasteiger partial charge in [-0.3, -0.25) is 4.79 Å². The van der Waals surface area contributed by atoms with Gasteiger partial charge in [-0.25, -0.2) is 0 Å². The first-order chi connectivity index (χ1) is 9.99. The van der Waals surface area contributed by atoms with Crippen LogP contribution in [0.5, 0.6) is 5.75 Å². The fraction of sp³-hybridized carbons (Fsp3) is 0.235. The molecule has 0 spiro atoms. The Labute approximate surface area is 124 Å². The lowest BCUT2D eigenvalue weighted by molar-refractivity contribution is -0.122. The van der Waals surface area contributed by atoms with E-state index in [1.807, 2.05) is 50.2 Å². The van der Waals surface area contributed by atoms with Gasteiger partial charge in [0.2, 0.25) is 0 Å². The molecule has 0 heterocycles. The maximum atomic E-state index is 12.2. The standard InChI is InChI=1S/C17H20N2O2/c1-11-7-4-5-10-16(11)21-13(3)17(20)19-15-9-6-8-14(18)12(15)2/h4-10,13H,18H2,1-3H3,(H,19,20)/t13-/m1/s1. The van der Waals surface area contributed by atoms with Crippen LogP contribution in [0.1, 0.15) is 18.1 Å². The van der Waals surface area contributed by atoms with Crippen molar-refractivity contribution in [3.63, 3.8) is 0 Å². The van der Waals surface area contributed by atoms with Crippen LogP contribution in [0, 0.1) is 13.8 Å². The minimum Gasteiger partial charge on any atom is -0.481 e. The van der Waals surface area contributed by atoms with Gasteiger partial charge in [0.05, 0.1) is 0 Å². The Morgan fingerprint density at radius 2 is 1.86 bits per heavy atom. The molecule has 0 saturated heterocycles. The fourth-order valence-corrected chi connectivity index (χ4v) is 1.96. The topological polar surface area (TPSA) is 64.3 Å². The zero-order chi connectivity index (χ0) is 15.4. The highest BCUT2D eigenvalue weighted by Gasteiger charge is 2.16. The van der Waals surface area contributed by atoms with Crippen LogP contribution in [0.3, 0.4) is 0 Å². The van der Waals surface area contributed by atoms with E-state index in [9.17, 15) is 4.79 Å². The first-order valence-corrected chi connectivity index (χ1v) is 6.87. The third-order valence-electron chi connectivity index (χ3n) is 3.40. The van der Waals surface area contributed by atoms with Gasteiger partial charge in [0.1, 0.15) is 5.75 Å². The molecule has 0 unspecified atom stereocenters. The Hall–Kier alpha value is -2.49. The van der Waals surface area contributed by atoms with Crippen molar-refractivity contribution in [3.05, 3.63) is 53.6 Å². The van der Waals surface area contributed by atoms with Gasteiger partial charge in [0, 0.05) is 11.4 Å². The average molecular weight is 284 g/mol. The number of hydrogen-bond donors (Lipinski definition) is 2. The van der Waals surface area contributed by atoms with Gasteiger partial charge in [-0.1, -0.05) is 24.3 Å².